The Morgan fingerprint density at radius 3 is 2.81 bits per heavy atom. The van der Waals surface area contributed by atoms with Crippen molar-refractivity contribution in [3.63, 3.8) is 0 Å². The molecular formula is C20H20N2O3S. The third-order valence-corrected chi connectivity index (χ3v) is 5.54. The zero-order valence-electron chi connectivity index (χ0n) is 14.6. The molecule has 3 aromatic rings. The van der Waals surface area contributed by atoms with Crippen LogP contribution in [0.1, 0.15) is 12.0 Å². The molecule has 134 valence electrons. The normalized spacial score (nSPS) is 17.5. The average Bonchev–Trinajstić information content (AvgIpc) is 2.68. The molecule has 0 saturated carbocycles. The molecule has 1 fully saturated rings. The topological polar surface area (TPSA) is 53.4 Å². The third-order valence-electron chi connectivity index (χ3n) is 4.47. The monoisotopic (exact) mass is 368 g/mol. The van der Waals surface area contributed by atoms with Gasteiger partial charge >= 0.3 is 0 Å². The number of ether oxygens (including phenoxy) is 2. The predicted octanol–water partition coefficient (Wildman–Crippen LogP) is 3.55. The van der Waals surface area contributed by atoms with Gasteiger partial charge in [0.2, 0.25) is 0 Å². The molecule has 1 aliphatic rings. The number of aryl methyl sites for hydroxylation is 1. The second kappa shape index (κ2) is 7.61. The van der Waals surface area contributed by atoms with Gasteiger partial charge in [-0.2, -0.15) is 0 Å². The van der Waals surface area contributed by atoms with Crippen LogP contribution in [0.15, 0.2) is 58.5 Å². The van der Waals surface area contributed by atoms with Crippen molar-refractivity contribution in [2.75, 3.05) is 19.2 Å². The SMILES string of the molecule is Cc1ccccc1-n1c(SC[C@H]2CCOCO2)nc2ccccc2c1=O. The van der Waals surface area contributed by atoms with Crippen molar-refractivity contribution in [3.05, 3.63) is 64.4 Å². The number of nitrogens with zero attached hydrogens (tertiary/aromatic N) is 2. The number of benzene rings is 2. The Balaban J connectivity index is 1.80. The minimum atomic E-state index is -0.0414. The highest BCUT2D eigenvalue weighted by atomic mass is 32.2. The zero-order valence-corrected chi connectivity index (χ0v) is 15.4. The second-order valence-electron chi connectivity index (χ2n) is 6.25. The van der Waals surface area contributed by atoms with Crippen LogP contribution in [0.2, 0.25) is 0 Å². The first kappa shape index (κ1) is 17.3. The molecule has 4 rings (SSSR count). The molecule has 1 saturated heterocycles. The Morgan fingerprint density at radius 2 is 2.00 bits per heavy atom. The van der Waals surface area contributed by atoms with Gasteiger partial charge in [0.25, 0.3) is 5.56 Å². The summed E-state index contributed by atoms with van der Waals surface area (Å²) in [6.07, 6.45) is 0.970. The van der Waals surface area contributed by atoms with Gasteiger partial charge in [-0.1, -0.05) is 42.1 Å². The average molecular weight is 368 g/mol. The molecule has 6 heteroatoms. The van der Waals surface area contributed by atoms with Crippen molar-refractivity contribution in [2.45, 2.75) is 24.6 Å². The first-order valence-corrected chi connectivity index (χ1v) is 9.62. The number of para-hydroxylation sites is 2. The van der Waals surface area contributed by atoms with E-state index in [0.29, 0.717) is 23.9 Å². The minimum Gasteiger partial charge on any atom is -0.355 e. The van der Waals surface area contributed by atoms with E-state index >= 15 is 0 Å². The fourth-order valence-electron chi connectivity index (χ4n) is 3.04. The molecular weight excluding hydrogens is 348 g/mol. The van der Waals surface area contributed by atoms with E-state index in [1.165, 1.54) is 0 Å². The van der Waals surface area contributed by atoms with Gasteiger partial charge in [0, 0.05) is 5.75 Å². The molecule has 0 bridgehead atoms. The van der Waals surface area contributed by atoms with Crippen LogP contribution in [0, 0.1) is 6.92 Å². The standard InChI is InChI=1S/C20H20N2O3S/c1-14-6-2-5-9-18(14)22-19(23)16-7-3-4-8-17(16)21-20(22)26-12-15-10-11-24-13-25-15/h2-9,15H,10-13H2,1H3/t15-/m1/s1. The lowest BCUT2D eigenvalue weighted by molar-refractivity contribution is -0.130. The maximum absolute atomic E-state index is 13.2. The van der Waals surface area contributed by atoms with Crippen LogP contribution in [0.4, 0.5) is 0 Å². The van der Waals surface area contributed by atoms with E-state index in [2.05, 4.69) is 0 Å². The van der Waals surface area contributed by atoms with Crippen LogP contribution < -0.4 is 5.56 Å². The Bertz CT molecular complexity index is 980. The molecule has 1 aliphatic heterocycles. The summed E-state index contributed by atoms with van der Waals surface area (Å²) in [5.41, 5.74) is 2.58. The smallest absolute Gasteiger partial charge is 0.266 e. The van der Waals surface area contributed by atoms with Gasteiger partial charge in [-0.3, -0.25) is 9.36 Å². The summed E-state index contributed by atoms with van der Waals surface area (Å²) in [5.74, 6) is 0.736. The van der Waals surface area contributed by atoms with Crippen molar-refractivity contribution in [1.29, 1.82) is 0 Å². The fourth-order valence-corrected chi connectivity index (χ4v) is 4.11. The van der Waals surface area contributed by atoms with Crippen molar-refractivity contribution >= 4 is 22.7 Å². The van der Waals surface area contributed by atoms with Crippen LogP contribution in [-0.2, 0) is 9.47 Å². The van der Waals surface area contributed by atoms with Gasteiger partial charge < -0.3 is 9.47 Å². The first-order valence-electron chi connectivity index (χ1n) is 8.64. The molecule has 0 unspecified atom stereocenters. The van der Waals surface area contributed by atoms with Crippen molar-refractivity contribution in [1.82, 2.24) is 9.55 Å². The molecule has 0 aliphatic carbocycles. The highest BCUT2D eigenvalue weighted by molar-refractivity contribution is 7.99. The van der Waals surface area contributed by atoms with E-state index < -0.39 is 0 Å². The van der Waals surface area contributed by atoms with Crippen LogP contribution in [0.3, 0.4) is 0 Å². The molecule has 26 heavy (non-hydrogen) atoms. The molecule has 0 radical (unpaired) electrons. The summed E-state index contributed by atoms with van der Waals surface area (Å²) in [5, 5.41) is 1.32. The number of fused-ring (bicyclic) bond motifs is 1. The maximum Gasteiger partial charge on any atom is 0.266 e. The molecule has 0 spiro atoms. The summed E-state index contributed by atoms with van der Waals surface area (Å²) in [6.45, 7) is 3.05. The van der Waals surface area contributed by atoms with Gasteiger partial charge in [0.05, 0.1) is 29.3 Å². The number of hydrogen-bond donors (Lipinski definition) is 0. The van der Waals surface area contributed by atoms with E-state index in [-0.39, 0.29) is 11.7 Å². The number of rotatable bonds is 4. The molecule has 1 aromatic heterocycles. The lowest BCUT2D eigenvalue weighted by Gasteiger charge is -2.23. The zero-order chi connectivity index (χ0) is 17.9. The van der Waals surface area contributed by atoms with Crippen LogP contribution >= 0.6 is 11.8 Å². The maximum atomic E-state index is 13.2. The van der Waals surface area contributed by atoms with E-state index in [0.717, 1.165) is 28.9 Å². The van der Waals surface area contributed by atoms with Gasteiger partial charge in [-0.25, -0.2) is 4.98 Å². The second-order valence-corrected chi connectivity index (χ2v) is 7.24. The van der Waals surface area contributed by atoms with E-state index in [1.807, 2.05) is 55.5 Å². The summed E-state index contributed by atoms with van der Waals surface area (Å²) in [4.78, 5) is 18.0. The van der Waals surface area contributed by atoms with Crippen LogP contribution in [0.5, 0.6) is 0 Å². The highest BCUT2D eigenvalue weighted by Gasteiger charge is 2.19. The van der Waals surface area contributed by atoms with Gasteiger partial charge in [-0.05, 0) is 37.1 Å². The first-order chi connectivity index (χ1) is 12.7. The molecule has 5 nitrogen and oxygen atoms in total. The van der Waals surface area contributed by atoms with E-state index in [9.17, 15) is 4.79 Å². The molecule has 2 heterocycles. The van der Waals surface area contributed by atoms with Gasteiger partial charge in [0.15, 0.2) is 5.16 Å². The number of thioether (sulfide) groups is 1. The van der Waals surface area contributed by atoms with Crippen molar-refractivity contribution < 1.29 is 9.47 Å². The van der Waals surface area contributed by atoms with Crippen molar-refractivity contribution in [2.24, 2.45) is 0 Å². The molecule has 0 amide bonds. The van der Waals surface area contributed by atoms with E-state index in [4.69, 9.17) is 14.5 Å². The van der Waals surface area contributed by atoms with E-state index in [1.54, 1.807) is 16.3 Å². The Hall–Kier alpha value is -2.15. The lowest BCUT2D eigenvalue weighted by Crippen LogP contribution is -2.27. The Morgan fingerprint density at radius 1 is 1.19 bits per heavy atom. The molecule has 2 aromatic carbocycles. The quantitative estimate of drug-likeness (QED) is 0.521. The van der Waals surface area contributed by atoms with Crippen molar-refractivity contribution in [3.8, 4) is 5.69 Å². The van der Waals surface area contributed by atoms with Crippen LogP contribution in [0.25, 0.3) is 16.6 Å². The van der Waals surface area contributed by atoms with Crippen LogP contribution in [-0.4, -0.2) is 34.8 Å². The summed E-state index contributed by atoms with van der Waals surface area (Å²) < 4.78 is 12.6. The Labute approximate surface area is 156 Å². The number of hydrogen-bond acceptors (Lipinski definition) is 5. The summed E-state index contributed by atoms with van der Waals surface area (Å²) >= 11 is 1.56. The Kier molecular flexibility index (Phi) is 5.06. The minimum absolute atomic E-state index is 0.0414. The summed E-state index contributed by atoms with van der Waals surface area (Å²) in [6, 6.07) is 15.4. The highest BCUT2D eigenvalue weighted by Crippen LogP contribution is 2.25. The predicted molar refractivity (Wildman–Crippen MR) is 103 cm³/mol. The lowest BCUT2D eigenvalue weighted by atomic mass is 10.2. The third kappa shape index (κ3) is 3.40. The number of aromatic nitrogens is 2. The summed E-state index contributed by atoms with van der Waals surface area (Å²) in [7, 11) is 0. The molecule has 0 N–H and O–H groups in total. The fraction of sp³-hybridized carbons (Fsp3) is 0.300. The van der Waals surface area contributed by atoms with Gasteiger partial charge in [-0.15, -0.1) is 0 Å². The van der Waals surface area contributed by atoms with Gasteiger partial charge in [0.1, 0.15) is 6.79 Å². The molecule has 1 atom stereocenters. The largest absolute Gasteiger partial charge is 0.355 e.